The molecular weight excluding hydrogens is 234 g/mol. The summed E-state index contributed by atoms with van der Waals surface area (Å²) in [7, 11) is 3.58. The topological polar surface area (TPSA) is 47.0 Å². The molecule has 5 heteroatoms. The van der Waals surface area contributed by atoms with Gasteiger partial charge in [-0.1, -0.05) is 11.3 Å². The van der Waals surface area contributed by atoms with Gasteiger partial charge in [0.25, 0.3) is 0 Å². The Balaban J connectivity index is 2.24. The largest absolute Gasteiger partial charge is 0.497 e. The maximum atomic E-state index is 5.12. The van der Waals surface area contributed by atoms with Crippen molar-refractivity contribution in [3.05, 3.63) is 29.3 Å². The van der Waals surface area contributed by atoms with Gasteiger partial charge < -0.3 is 10.1 Å². The standard InChI is InChI=1S/C12H15N3OS/c1-8(13-2)11-14-15-12(17-11)9-4-6-10(16-3)7-5-9/h4-8,13H,1-3H3. The minimum absolute atomic E-state index is 0.236. The van der Waals surface area contributed by atoms with Crippen molar-refractivity contribution < 1.29 is 4.74 Å². The maximum Gasteiger partial charge on any atom is 0.147 e. The number of rotatable bonds is 4. The maximum absolute atomic E-state index is 5.12. The monoisotopic (exact) mass is 249 g/mol. The molecule has 0 saturated carbocycles. The van der Waals surface area contributed by atoms with E-state index in [4.69, 9.17) is 4.74 Å². The Morgan fingerprint density at radius 3 is 2.53 bits per heavy atom. The van der Waals surface area contributed by atoms with E-state index in [0.717, 1.165) is 21.3 Å². The second-order valence-corrected chi connectivity index (χ2v) is 4.69. The molecule has 0 aliphatic carbocycles. The summed E-state index contributed by atoms with van der Waals surface area (Å²) in [5, 5.41) is 13.5. The molecule has 1 heterocycles. The van der Waals surface area contributed by atoms with Crippen LogP contribution in [0.4, 0.5) is 0 Å². The first-order valence-electron chi connectivity index (χ1n) is 5.39. The Hall–Kier alpha value is -1.46. The number of nitrogens with zero attached hydrogens (tertiary/aromatic N) is 2. The van der Waals surface area contributed by atoms with Crippen LogP contribution in [0.25, 0.3) is 10.6 Å². The molecule has 1 aromatic carbocycles. The molecule has 1 aromatic heterocycles. The first kappa shape index (κ1) is 12.0. The molecule has 1 unspecified atom stereocenters. The van der Waals surface area contributed by atoms with Crippen molar-refractivity contribution in [1.29, 1.82) is 0 Å². The number of hydrogen-bond donors (Lipinski definition) is 1. The lowest BCUT2D eigenvalue weighted by Crippen LogP contribution is -2.11. The first-order valence-corrected chi connectivity index (χ1v) is 6.21. The van der Waals surface area contributed by atoms with Gasteiger partial charge in [0.1, 0.15) is 15.8 Å². The molecule has 1 N–H and O–H groups in total. The summed E-state index contributed by atoms with van der Waals surface area (Å²) < 4.78 is 5.12. The lowest BCUT2D eigenvalue weighted by molar-refractivity contribution is 0.415. The van der Waals surface area contributed by atoms with Gasteiger partial charge >= 0.3 is 0 Å². The minimum Gasteiger partial charge on any atom is -0.497 e. The van der Waals surface area contributed by atoms with Crippen molar-refractivity contribution in [1.82, 2.24) is 15.5 Å². The van der Waals surface area contributed by atoms with E-state index in [1.54, 1.807) is 18.4 Å². The average molecular weight is 249 g/mol. The van der Waals surface area contributed by atoms with E-state index in [-0.39, 0.29) is 6.04 Å². The molecule has 0 aliphatic heterocycles. The summed E-state index contributed by atoms with van der Waals surface area (Å²) in [4.78, 5) is 0. The van der Waals surface area contributed by atoms with Gasteiger partial charge in [0.05, 0.1) is 13.2 Å². The van der Waals surface area contributed by atoms with Crippen LogP contribution in [-0.2, 0) is 0 Å². The highest BCUT2D eigenvalue weighted by Gasteiger charge is 2.11. The Bertz CT molecular complexity index is 481. The van der Waals surface area contributed by atoms with E-state index < -0.39 is 0 Å². The van der Waals surface area contributed by atoms with Crippen molar-refractivity contribution in [3.63, 3.8) is 0 Å². The summed E-state index contributed by atoms with van der Waals surface area (Å²) in [6.07, 6.45) is 0. The average Bonchev–Trinajstić information content (AvgIpc) is 2.87. The highest BCUT2D eigenvalue weighted by molar-refractivity contribution is 7.14. The quantitative estimate of drug-likeness (QED) is 0.904. The molecule has 0 saturated heterocycles. The van der Waals surface area contributed by atoms with Gasteiger partial charge in [-0.05, 0) is 38.2 Å². The molecule has 0 radical (unpaired) electrons. The molecule has 4 nitrogen and oxygen atoms in total. The second-order valence-electron chi connectivity index (χ2n) is 3.68. The first-order chi connectivity index (χ1) is 8.24. The predicted octanol–water partition coefficient (Wildman–Crippen LogP) is 2.49. The summed E-state index contributed by atoms with van der Waals surface area (Å²) in [5.74, 6) is 0.849. The number of hydrogen-bond acceptors (Lipinski definition) is 5. The number of nitrogens with one attached hydrogen (secondary N) is 1. The molecule has 0 fully saturated rings. The summed E-state index contributed by atoms with van der Waals surface area (Å²) in [6, 6.07) is 8.08. The van der Waals surface area contributed by atoms with Crippen LogP contribution in [0.3, 0.4) is 0 Å². The fourth-order valence-electron chi connectivity index (χ4n) is 1.38. The van der Waals surface area contributed by atoms with Gasteiger partial charge in [-0.3, -0.25) is 0 Å². The zero-order valence-electron chi connectivity index (χ0n) is 10.1. The highest BCUT2D eigenvalue weighted by atomic mass is 32.1. The van der Waals surface area contributed by atoms with Crippen LogP contribution in [0.5, 0.6) is 5.75 Å². The molecular formula is C12H15N3OS. The molecule has 1 atom stereocenters. The SMILES string of the molecule is CNC(C)c1nnc(-c2ccc(OC)cc2)s1. The zero-order valence-corrected chi connectivity index (χ0v) is 10.9. The van der Waals surface area contributed by atoms with E-state index >= 15 is 0 Å². The summed E-state index contributed by atoms with van der Waals surface area (Å²) in [5.41, 5.74) is 1.07. The number of methoxy groups -OCH3 is 1. The second kappa shape index (κ2) is 5.25. The summed E-state index contributed by atoms with van der Waals surface area (Å²) in [6.45, 7) is 2.07. The Labute approximate surface area is 105 Å². The lowest BCUT2D eigenvalue weighted by atomic mass is 10.2. The van der Waals surface area contributed by atoms with E-state index in [1.165, 1.54) is 0 Å². The molecule has 0 amide bonds. The van der Waals surface area contributed by atoms with Gasteiger partial charge in [0.15, 0.2) is 0 Å². The van der Waals surface area contributed by atoms with Crippen LogP contribution < -0.4 is 10.1 Å². The number of ether oxygens (including phenoxy) is 1. The third kappa shape index (κ3) is 2.62. The van der Waals surface area contributed by atoms with Crippen LogP contribution in [0, 0.1) is 0 Å². The van der Waals surface area contributed by atoms with E-state index in [0.29, 0.717) is 0 Å². The van der Waals surface area contributed by atoms with Crippen molar-refractivity contribution >= 4 is 11.3 Å². The predicted molar refractivity (Wildman–Crippen MR) is 69.4 cm³/mol. The third-order valence-electron chi connectivity index (χ3n) is 2.58. The normalized spacial score (nSPS) is 12.4. The Morgan fingerprint density at radius 2 is 1.94 bits per heavy atom. The van der Waals surface area contributed by atoms with Gasteiger partial charge in [0, 0.05) is 5.56 Å². The van der Waals surface area contributed by atoms with Crippen LogP contribution in [0.2, 0.25) is 0 Å². The smallest absolute Gasteiger partial charge is 0.147 e. The fraction of sp³-hybridized carbons (Fsp3) is 0.333. The fourth-order valence-corrected chi connectivity index (χ4v) is 2.29. The minimum atomic E-state index is 0.236. The van der Waals surface area contributed by atoms with Gasteiger partial charge in [0.2, 0.25) is 0 Å². The van der Waals surface area contributed by atoms with Gasteiger partial charge in [-0.25, -0.2) is 0 Å². The zero-order chi connectivity index (χ0) is 12.3. The molecule has 0 bridgehead atoms. The van der Waals surface area contributed by atoms with E-state index in [9.17, 15) is 0 Å². The van der Waals surface area contributed by atoms with Crippen molar-refractivity contribution in [2.24, 2.45) is 0 Å². The third-order valence-corrected chi connectivity index (χ3v) is 3.74. The molecule has 2 rings (SSSR count). The van der Waals surface area contributed by atoms with E-state index in [1.807, 2.05) is 31.3 Å². The molecule has 90 valence electrons. The van der Waals surface area contributed by atoms with Crippen LogP contribution in [-0.4, -0.2) is 24.4 Å². The summed E-state index contributed by atoms with van der Waals surface area (Å²) >= 11 is 1.61. The molecule has 17 heavy (non-hydrogen) atoms. The van der Waals surface area contributed by atoms with Crippen LogP contribution >= 0.6 is 11.3 Å². The number of aromatic nitrogens is 2. The molecule has 0 spiro atoms. The molecule has 0 aliphatic rings. The van der Waals surface area contributed by atoms with Gasteiger partial charge in [-0.2, -0.15) is 0 Å². The van der Waals surface area contributed by atoms with Crippen LogP contribution in [0.1, 0.15) is 18.0 Å². The Kier molecular flexibility index (Phi) is 3.71. The highest BCUT2D eigenvalue weighted by Crippen LogP contribution is 2.27. The van der Waals surface area contributed by atoms with Crippen molar-refractivity contribution in [3.8, 4) is 16.3 Å². The molecule has 2 aromatic rings. The Morgan fingerprint density at radius 1 is 1.24 bits per heavy atom. The van der Waals surface area contributed by atoms with Crippen molar-refractivity contribution in [2.45, 2.75) is 13.0 Å². The number of benzene rings is 1. The van der Waals surface area contributed by atoms with E-state index in [2.05, 4.69) is 22.4 Å². The lowest BCUT2D eigenvalue weighted by Gasteiger charge is -2.03. The van der Waals surface area contributed by atoms with Gasteiger partial charge in [-0.15, -0.1) is 10.2 Å². The van der Waals surface area contributed by atoms with Crippen molar-refractivity contribution in [2.75, 3.05) is 14.2 Å². The van der Waals surface area contributed by atoms with Crippen LogP contribution in [0.15, 0.2) is 24.3 Å².